The van der Waals surface area contributed by atoms with Crippen molar-refractivity contribution in [2.75, 3.05) is 13.2 Å². The van der Waals surface area contributed by atoms with Crippen LogP contribution in [0.5, 0.6) is 0 Å². The van der Waals surface area contributed by atoms with Gasteiger partial charge in [-0.05, 0) is 128 Å². The molecule has 6 nitrogen and oxygen atoms in total. The van der Waals surface area contributed by atoms with Crippen LogP contribution in [0.3, 0.4) is 0 Å². The standard InChI is InChI=1S/C69H106O6/c1-4-7-10-13-16-19-22-25-28-31-34-37-40-43-46-49-52-55-58-61-67(70)73-64-66(75-69(72)63-60-57-54-51-48-45-42-39-36-33-30-27-24-21-18-15-12-9-6-3)65-74-68(71)62-59-56-53-50-47-44-41-38-35-32-29-26-23-20-17-14-11-8-5-2/h7-8,10-11,16-21,25-30,34-35,37-38,43-44,46-47,52-53,55-56,66H,4-6,9,12-15,22-24,31-33,36,39-42,45,48-51,54,57-65H2,1-3H3/b10-7-,11-8-,19-16-,20-17-,21-18-,28-25-,29-26-,30-27-,37-34-,38-35-,46-43-,47-44-,55-52-,56-53-. The molecule has 418 valence electrons. The maximum atomic E-state index is 12.9. The minimum Gasteiger partial charge on any atom is -0.462 e. The minimum atomic E-state index is -0.852. The molecule has 0 radical (unpaired) electrons. The van der Waals surface area contributed by atoms with Crippen LogP contribution >= 0.6 is 0 Å². The van der Waals surface area contributed by atoms with E-state index in [1.165, 1.54) is 70.6 Å². The Morgan fingerprint density at radius 1 is 0.280 bits per heavy atom. The van der Waals surface area contributed by atoms with E-state index in [2.05, 4.69) is 167 Å². The van der Waals surface area contributed by atoms with Crippen molar-refractivity contribution in [3.05, 3.63) is 170 Å². The normalized spacial score (nSPS) is 13.0. The maximum absolute atomic E-state index is 12.9. The third kappa shape index (κ3) is 59.5. The van der Waals surface area contributed by atoms with E-state index in [4.69, 9.17) is 14.2 Å². The molecule has 0 bridgehead atoms. The van der Waals surface area contributed by atoms with Crippen LogP contribution in [-0.4, -0.2) is 37.2 Å². The highest BCUT2D eigenvalue weighted by Gasteiger charge is 2.19. The Morgan fingerprint density at radius 2 is 0.547 bits per heavy atom. The summed E-state index contributed by atoms with van der Waals surface area (Å²) in [6, 6.07) is 0. The van der Waals surface area contributed by atoms with Crippen LogP contribution in [0.25, 0.3) is 0 Å². The van der Waals surface area contributed by atoms with Crippen molar-refractivity contribution in [3.63, 3.8) is 0 Å². The molecule has 0 amide bonds. The van der Waals surface area contributed by atoms with E-state index in [1.54, 1.807) is 0 Å². The number of unbranched alkanes of at least 4 members (excludes halogenated alkanes) is 12. The molecule has 0 spiro atoms. The summed E-state index contributed by atoms with van der Waals surface area (Å²) in [6.45, 7) is 6.24. The van der Waals surface area contributed by atoms with Gasteiger partial charge in [0.1, 0.15) is 13.2 Å². The molecule has 6 heteroatoms. The van der Waals surface area contributed by atoms with Crippen molar-refractivity contribution in [1.82, 2.24) is 0 Å². The highest BCUT2D eigenvalue weighted by molar-refractivity contribution is 5.71. The monoisotopic (exact) mass is 1030 g/mol. The van der Waals surface area contributed by atoms with E-state index in [0.717, 1.165) is 103 Å². The molecule has 75 heavy (non-hydrogen) atoms. The molecule has 0 N–H and O–H groups in total. The first-order chi connectivity index (χ1) is 37.0. The first-order valence-electron chi connectivity index (χ1n) is 29.6. The summed E-state index contributed by atoms with van der Waals surface area (Å²) in [5.41, 5.74) is 0. The summed E-state index contributed by atoms with van der Waals surface area (Å²) in [5.74, 6) is -1.12. The van der Waals surface area contributed by atoms with Gasteiger partial charge < -0.3 is 14.2 Å². The van der Waals surface area contributed by atoms with Gasteiger partial charge in [-0.2, -0.15) is 0 Å². The van der Waals surface area contributed by atoms with Crippen LogP contribution in [0.2, 0.25) is 0 Å². The first-order valence-corrected chi connectivity index (χ1v) is 29.6. The van der Waals surface area contributed by atoms with Crippen LogP contribution in [0.1, 0.15) is 226 Å². The van der Waals surface area contributed by atoms with Crippen molar-refractivity contribution in [1.29, 1.82) is 0 Å². The van der Waals surface area contributed by atoms with Crippen molar-refractivity contribution in [3.8, 4) is 0 Å². The summed E-state index contributed by atoms with van der Waals surface area (Å²) in [7, 11) is 0. The fourth-order valence-corrected chi connectivity index (χ4v) is 7.35. The zero-order chi connectivity index (χ0) is 54.3. The summed E-state index contributed by atoms with van der Waals surface area (Å²) in [5, 5.41) is 0. The largest absolute Gasteiger partial charge is 0.462 e. The van der Waals surface area contributed by atoms with Crippen molar-refractivity contribution >= 4 is 17.9 Å². The molecule has 0 aliphatic rings. The third-order valence-electron chi connectivity index (χ3n) is 11.7. The minimum absolute atomic E-state index is 0.151. The highest BCUT2D eigenvalue weighted by atomic mass is 16.6. The number of hydrogen-bond acceptors (Lipinski definition) is 6. The number of hydrogen-bond donors (Lipinski definition) is 0. The molecule has 0 aliphatic carbocycles. The van der Waals surface area contributed by atoms with Crippen LogP contribution in [0.4, 0.5) is 0 Å². The van der Waals surface area contributed by atoms with Gasteiger partial charge in [0.05, 0.1) is 0 Å². The van der Waals surface area contributed by atoms with E-state index >= 15 is 0 Å². The second-order valence-corrected chi connectivity index (χ2v) is 18.8. The lowest BCUT2D eigenvalue weighted by Gasteiger charge is -2.18. The van der Waals surface area contributed by atoms with E-state index in [0.29, 0.717) is 12.8 Å². The molecular formula is C69H106O6. The first kappa shape index (κ1) is 69.8. The molecule has 0 saturated heterocycles. The van der Waals surface area contributed by atoms with Gasteiger partial charge in [-0.3, -0.25) is 14.4 Å². The Hall–Kier alpha value is -5.23. The van der Waals surface area contributed by atoms with E-state index < -0.39 is 6.10 Å². The highest BCUT2D eigenvalue weighted by Crippen LogP contribution is 2.13. The van der Waals surface area contributed by atoms with Gasteiger partial charge in [0.2, 0.25) is 0 Å². The van der Waals surface area contributed by atoms with Gasteiger partial charge in [0.15, 0.2) is 6.10 Å². The van der Waals surface area contributed by atoms with Crippen LogP contribution in [0.15, 0.2) is 170 Å². The summed E-state index contributed by atoms with van der Waals surface area (Å²) in [4.78, 5) is 38.2. The van der Waals surface area contributed by atoms with Crippen molar-refractivity contribution in [2.24, 2.45) is 0 Å². The Balaban J connectivity index is 4.64. The number of esters is 3. The predicted molar refractivity (Wildman–Crippen MR) is 325 cm³/mol. The van der Waals surface area contributed by atoms with Gasteiger partial charge in [-0.1, -0.05) is 249 Å². The van der Waals surface area contributed by atoms with Crippen molar-refractivity contribution < 1.29 is 28.6 Å². The molecule has 0 atom stereocenters. The van der Waals surface area contributed by atoms with E-state index in [9.17, 15) is 14.4 Å². The molecule has 0 unspecified atom stereocenters. The Kier molecular flexibility index (Phi) is 57.0. The average Bonchev–Trinajstić information content (AvgIpc) is 3.41. The molecule has 0 fully saturated rings. The van der Waals surface area contributed by atoms with Crippen molar-refractivity contribution in [2.45, 2.75) is 232 Å². The molecule has 0 aliphatic heterocycles. The molecule has 0 rings (SSSR count). The quantitative estimate of drug-likeness (QED) is 0.0261. The Labute approximate surface area is 460 Å². The zero-order valence-corrected chi connectivity index (χ0v) is 47.7. The number of carbonyl (C=O) groups is 3. The number of rotatable bonds is 51. The topological polar surface area (TPSA) is 78.9 Å². The maximum Gasteiger partial charge on any atom is 0.306 e. The zero-order valence-electron chi connectivity index (χ0n) is 47.7. The average molecular weight is 1030 g/mol. The van der Waals surface area contributed by atoms with Gasteiger partial charge in [-0.25, -0.2) is 0 Å². The SMILES string of the molecule is CC/C=C\C/C=C\C/C=C\C/C=C\C/C=C\C/C=C\CCC(=O)OCC(COC(=O)CC/C=C\C/C=C\C/C=C\C/C=C\C/C=C\C/C=C\CC)OC(=O)CCCCCCCCCCC/C=C\C/C=C\CCCCC. The number of ether oxygens (including phenoxy) is 3. The second-order valence-electron chi connectivity index (χ2n) is 18.8. The number of allylic oxidation sites excluding steroid dienone is 28. The Bertz CT molecular complexity index is 1660. The van der Waals surface area contributed by atoms with Gasteiger partial charge >= 0.3 is 17.9 Å². The fraction of sp³-hybridized carbons (Fsp3) is 0.551. The predicted octanol–water partition coefficient (Wildman–Crippen LogP) is 20.3. The Morgan fingerprint density at radius 3 is 0.867 bits per heavy atom. The molecule has 0 aromatic rings. The second kappa shape index (κ2) is 61.3. The smallest absolute Gasteiger partial charge is 0.306 e. The van der Waals surface area contributed by atoms with Crippen LogP contribution in [-0.2, 0) is 28.6 Å². The lowest BCUT2D eigenvalue weighted by Crippen LogP contribution is -2.30. The van der Waals surface area contributed by atoms with Crippen LogP contribution < -0.4 is 0 Å². The van der Waals surface area contributed by atoms with E-state index in [-0.39, 0.29) is 50.4 Å². The van der Waals surface area contributed by atoms with Gasteiger partial charge in [-0.15, -0.1) is 0 Å². The van der Waals surface area contributed by atoms with E-state index in [1.807, 2.05) is 24.3 Å². The van der Waals surface area contributed by atoms with Crippen LogP contribution in [0, 0.1) is 0 Å². The lowest BCUT2D eigenvalue weighted by atomic mass is 10.1. The summed E-state index contributed by atoms with van der Waals surface area (Å²) in [6.07, 6.45) is 90.8. The summed E-state index contributed by atoms with van der Waals surface area (Å²) < 4.78 is 16.7. The molecule has 0 aromatic heterocycles. The number of carbonyl (C=O) groups excluding carboxylic acids is 3. The molecule has 0 saturated carbocycles. The fourth-order valence-electron chi connectivity index (χ4n) is 7.35. The molecule has 0 heterocycles. The third-order valence-corrected chi connectivity index (χ3v) is 11.7. The van der Waals surface area contributed by atoms with Gasteiger partial charge in [0.25, 0.3) is 0 Å². The lowest BCUT2D eigenvalue weighted by molar-refractivity contribution is -0.166. The summed E-state index contributed by atoms with van der Waals surface area (Å²) >= 11 is 0. The van der Waals surface area contributed by atoms with Gasteiger partial charge in [0, 0.05) is 19.3 Å². The molecular weight excluding hydrogens is 925 g/mol. The molecule has 0 aromatic carbocycles.